The summed E-state index contributed by atoms with van der Waals surface area (Å²) in [5.41, 5.74) is 0. The standard InChI is InChI=1S/C5H8I2O3/c6-4-2(8)1-3(9)5(7)10-4/h2-5,8-9H,1H2/t2?,3?,4-,5+. The van der Waals surface area contributed by atoms with Gasteiger partial charge in [-0.2, -0.15) is 0 Å². The number of ether oxygens (including phenoxy) is 1. The monoisotopic (exact) mass is 370 g/mol. The third kappa shape index (κ3) is 2.16. The first-order valence-electron chi connectivity index (χ1n) is 2.91. The SMILES string of the molecule is OC1CC(O)[C@@H](I)O[C@H]1I. The lowest BCUT2D eigenvalue weighted by atomic mass is 10.1. The Bertz CT molecular complexity index is 95.5. The van der Waals surface area contributed by atoms with E-state index in [9.17, 15) is 10.2 Å². The summed E-state index contributed by atoms with van der Waals surface area (Å²) in [5, 5.41) is 18.3. The van der Waals surface area contributed by atoms with E-state index in [4.69, 9.17) is 4.74 Å². The molecule has 1 aliphatic heterocycles. The Labute approximate surface area is 86.4 Å². The molecular weight excluding hydrogens is 362 g/mol. The summed E-state index contributed by atoms with van der Waals surface area (Å²) in [6, 6.07) is 0. The second-order valence-corrected chi connectivity index (χ2v) is 4.66. The highest BCUT2D eigenvalue weighted by molar-refractivity contribution is 14.1. The van der Waals surface area contributed by atoms with Crippen LogP contribution in [-0.4, -0.2) is 30.6 Å². The van der Waals surface area contributed by atoms with Crippen LogP contribution in [0.25, 0.3) is 0 Å². The van der Waals surface area contributed by atoms with E-state index >= 15 is 0 Å². The molecule has 0 aromatic carbocycles. The number of halogens is 2. The van der Waals surface area contributed by atoms with Crippen molar-refractivity contribution in [2.24, 2.45) is 0 Å². The molecule has 3 nitrogen and oxygen atoms in total. The quantitative estimate of drug-likeness (QED) is 0.487. The number of aliphatic hydroxyl groups excluding tert-OH is 2. The smallest absolute Gasteiger partial charge is 0.136 e. The van der Waals surface area contributed by atoms with Gasteiger partial charge in [0, 0.05) is 6.42 Å². The summed E-state index contributed by atoms with van der Waals surface area (Å²) in [6.45, 7) is 0. The molecule has 10 heavy (non-hydrogen) atoms. The molecule has 0 aromatic rings. The van der Waals surface area contributed by atoms with Crippen LogP contribution in [0.5, 0.6) is 0 Å². The number of hydrogen-bond donors (Lipinski definition) is 2. The van der Waals surface area contributed by atoms with Crippen molar-refractivity contribution in [3.05, 3.63) is 0 Å². The largest absolute Gasteiger partial charge is 0.389 e. The molecule has 1 heterocycles. The maximum absolute atomic E-state index is 9.17. The predicted octanol–water partition coefficient (Wildman–Crippen LogP) is 0.651. The second-order valence-electron chi connectivity index (χ2n) is 2.21. The van der Waals surface area contributed by atoms with Gasteiger partial charge >= 0.3 is 0 Å². The van der Waals surface area contributed by atoms with Crippen molar-refractivity contribution in [1.82, 2.24) is 0 Å². The molecule has 5 heteroatoms. The summed E-state index contributed by atoms with van der Waals surface area (Å²) in [7, 11) is 0. The fourth-order valence-corrected chi connectivity index (χ4v) is 2.55. The molecule has 0 saturated carbocycles. The fourth-order valence-electron chi connectivity index (χ4n) is 0.767. The minimum atomic E-state index is -0.526. The van der Waals surface area contributed by atoms with E-state index in [1.165, 1.54) is 0 Å². The van der Waals surface area contributed by atoms with Crippen molar-refractivity contribution in [2.45, 2.75) is 26.9 Å². The maximum Gasteiger partial charge on any atom is 0.136 e. The lowest BCUT2D eigenvalue weighted by Gasteiger charge is -2.31. The van der Waals surface area contributed by atoms with Gasteiger partial charge in [0.15, 0.2) is 0 Å². The Morgan fingerprint density at radius 3 is 1.80 bits per heavy atom. The minimum Gasteiger partial charge on any atom is -0.389 e. The van der Waals surface area contributed by atoms with Crippen LogP contribution < -0.4 is 0 Å². The van der Waals surface area contributed by atoms with E-state index in [1.54, 1.807) is 0 Å². The van der Waals surface area contributed by atoms with Gasteiger partial charge in [0.25, 0.3) is 0 Å². The van der Waals surface area contributed by atoms with E-state index in [-0.39, 0.29) is 8.22 Å². The normalized spacial score (nSPS) is 49.2. The first-order chi connectivity index (χ1) is 4.61. The van der Waals surface area contributed by atoms with Gasteiger partial charge in [-0.25, -0.2) is 0 Å². The summed E-state index contributed by atoms with van der Waals surface area (Å²) in [6.07, 6.45) is -0.635. The number of alkyl halides is 2. The van der Waals surface area contributed by atoms with Crippen LogP contribution in [-0.2, 0) is 4.74 Å². The van der Waals surface area contributed by atoms with Crippen molar-refractivity contribution in [2.75, 3.05) is 0 Å². The maximum atomic E-state index is 9.17. The highest BCUT2D eigenvalue weighted by atomic mass is 127. The molecule has 0 aliphatic carbocycles. The van der Waals surface area contributed by atoms with Gasteiger partial charge in [-0.15, -0.1) is 0 Å². The highest BCUT2D eigenvalue weighted by Gasteiger charge is 2.32. The molecule has 1 aliphatic rings. The zero-order valence-corrected chi connectivity index (χ0v) is 9.39. The average Bonchev–Trinajstić information content (AvgIpc) is 1.84. The Kier molecular flexibility index (Phi) is 3.61. The number of aliphatic hydroxyl groups is 2. The highest BCUT2D eigenvalue weighted by Crippen LogP contribution is 2.27. The van der Waals surface area contributed by atoms with Gasteiger partial charge in [0.1, 0.15) is 8.22 Å². The Balaban J connectivity index is 2.46. The molecule has 1 rings (SSSR count). The van der Waals surface area contributed by atoms with Crippen LogP contribution in [0.15, 0.2) is 0 Å². The first-order valence-corrected chi connectivity index (χ1v) is 5.40. The zero-order valence-electron chi connectivity index (χ0n) is 5.08. The van der Waals surface area contributed by atoms with Gasteiger partial charge in [-0.3, -0.25) is 0 Å². The molecule has 4 atom stereocenters. The van der Waals surface area contributed by atoms with Crippen LogP contribution in [0.1, 0.15) is 6.42 Å². The molecule has 1 fully saturated rings. The van der Waals surface area contributed by atoms with Gasteiger partial charge in [-0.1, -0.05) is 0 Å². The molecule has 1 saturated heterocycles. The number of hydrogen-bond acceptors (Lipinski definition) is 3. The van der Waals surface area contributed by atoms with Crippen LogP contribution in [0.2, 0.25) is 0 Å². The fraction of sp³-hybridized carbons (Fsp3) is 1.00. The Hall–Kier alpha value is 1.34. The van der Waals surface area contributed by atoms with Crippen molar-refractivity contribution < 1.29 is 14.9 Å². The van der Waals surface area contributed by atoms with Crippen LogP contribution in [0.4, 0.5) is 0 Å². The summed E-state index contributed by atoms with van der Waals surface area (Å²) in [4.78, 5) is 0. The zero-order chi connectivity index (χ0) is 7.72. The predicted molar refractivity (Wildman–Crippen MR) is 53.3 cm³/mol. The molecular formula is C5H8I2O3. The molecule has 60 valence electrons. The molecule has 0 amide bonds. The minimum absolute atomic E-state index is 0.178. The van der Waals surface area contributed by atoms with Gasteiger partial charge < -0.3 is 14.9 Å². The van der Waals surface area contributed by atoms with Gasteiger partial charge in [-0.05, 0) is 45.2 Å². The molecule has 0 aromatic heterocycles. The Morgan fingerprint density at radius 1 is 1.10 bits per heavy atom. The number of rotatable bonds is 0. The van der Waals surface area contributed by atoms with Gasteiger partial charge in [0.05, 0.1) is 12.2 Å². The van der Waals surface area contributed by atoms with Gasteiger partial charge in [0.2, 0.25) is 0 Å². The molecule has 2 unspecified atom stereocenters. The Morgan fingerprint density at radius 2 is 1.50 bits per heavy atom. The van der Waals surface area contributed by atoms with Crippen LogP contribution >= 0.6 is 45.2 Å². The molecule has 0 spiro atoms. The van der Waals surface area contributed by atoms with E-state index < -0.39 is 12.2 Å². The topological polar surface area (TPSA) is 49.7 Å². The summed E-state index contributed by atoms with van der Waals surface area (Å²) in [5.74, 6) is 0. The average molecular weight is 370 g/mol. The summed E-state index contributed by atoms with van der Waals surface area (Å²) < 4.78 is 4.83. The lowest BCUT2D eigenvalue weighted by Crippen LogP contribution is -2.41. The van der Waals surface area contributed by atoms with E-state index in [0.717, 1.165) is 0 Å². The van der Waals surface area contributed by atoms with Crippen molar-refractivity contribution in [1.29, 1.82) is 0 Å². The van der Waals surface area contributed by atoms with Crippen LogP contribution in [0.3, 0.4) is 0 Å². The van der Waals surface area contributed by atoms with Crippen molar-refractivity contribution in [3.8, 4) is 0 Å². The van der Waals surface area contributed by atoms with E-state index in [1.807, 2.05) is 45.2 Å². The summed E-state index contributed by atoms with van der Waals surface area (Å²) >= 11 is 4.04. The first kappa shape index (κ1) is 9.43. The second kappa shape index (κ2) is 3.83. The lowest BCUT2D eigenvalue weighted by molar-refractivity contribution is -0.0887. The van der Waals surface area contributed by atoms with Crippen LogP contribution in [0, 0.1) is 0 Å². The molecule has 2 N–H and O–H groups in total. The van der Waals surface area contributed by atoms with Crippen molar-refractivity contribution >= 4 is 45.2 Å². The third-order valence-corrected chi connectivity index (χ3v) is 3.60. The van der Waals surface area contributed by atoms with Crippen molar-refractivity contribution in [3.63, 3.8) is 0 Å². The van der Waals surface area contributed by atoms with E-state index in [2.05, 4.69) is 0 Å². The van der Waals surface area contributed by atoms with E-state index in [0.29, 0.717) is 6.42 Å². The molecule has 0 radical (unpaired) electrons. The molecule has 0 bridgehead atoms. The third-order valence-electron chi connectivity index (χ3n) is 1.35.